The highest BCUT2D eigenvalue weighted by Crippen LogP contribution is 2.26. The Kier molecular flexibility index (Phi) is 5.44. The van der Waals surface area contributed by atoms with Crippen molar-refractivity contribution < 1.29 is 9.53 Å². The fourth-order valence-corrected chi connectivity index (χ4v) is 3.40. The van der Waals surface area contributed by atoms with E-state index in [4.69, 9.17) is 4.74 Å². The van der Waals surface area contributed by atoms with Crippen molar-refractivity contribution in [1.82, 2.24) is 10.2 Å². The molecule has 1 atom stereocenters. The lowest BCUT2D eigenvalue weighted by Gasteiger charge is -2.36. The minimum absolute atomic E-state index is 0.134. The molecule has 2 saturated carbocycles. The van der Waals surface area contributed by atoms with Gasteiger partial charge in [0.25, 0.3) is 0 Å². The van der Waals surface area contributed by atoms with E-state index >= 15 is 0 Å². The molecule has 1 unspecified atom stereocenters. The van der Waals surface area contributed by atoms with Crippen LogP contribution < -0.4 is 5.32 Å². The predicted octanol–water partition coefficient (Wildman–Crippen LogP) is 2.32. The standard InChI is InChI=1S/C16H30N2O2/c1-16(15(19)20-3,17-13-10-11-13)12-18(2)14-8-6-4-5-7-9-14/h13-14,17H,4-12H2,1-3H3. The maximum atomic E-state index is 12.2. The van der Waals surface area contributed by atoms with Gasteiger partial charge in [-0.3, -0.25) is 10.1 Å². The quantitative estimate of drug-likeness (QED) is 0.600. The zero-order chi connectivity index (χ0) is 14.6. The highest BCUT2D eigenvalue weighted by atomic mass is 16.5. The van der Waals surface area contributed by atoms with Crippen LogP contribution in [-0.4, -0.2) is 49.2 Å². The Morgan fingerprint density at radius 1 is 1.20 bits per heavy atom. The number of methoxy groups -OCH3 is 1. The van der Waals surface area contributed by atoms with Crippen LogP contribution >= 0.6 is 0 Å². The van der Waals surface area contributed by atoms with Crippen molar-refractivity contribution in [2.45, 2.75) is 75.9 Å². The Balaban J connectivity index is 1.96. The van der Waals surface area contributed by atoms with E-state index in [-0.39, 0.29) is 5.97 Å². The van der Waals surface area contributed by atoms with Crippen LogP contribution in [0, 0.1) is 0 Å². The smallest absolute Gasteiger partial charge is 0.327 e. The van der Waals surface area contributed by atoms with Gasteiger partial charge in [0.05, 0.1) is 7.11 Å². The van der Waals surface area contributed by atoms with Gasteiger partial charge in [-0.1, -0.05) is 25.7 Å². The Hall–Kier alpha value is -0.610. The molecular formula is C16H30N2O2. The molecule has 2 aliphatic rings. The Morgan fingerprint density at radius 3 is 2.30 bits per heavy atom. The lowest BCUT2D eigenvalue weighted by molar-refractivity contribution is -0.149. The number of likely N-dealkylation sites (N-methyl/N-ethyl adjacent to an activating group) is 1. The Bertz CT molecular complexity index is 322. The molecule has 4 nitrogen and oxygen atoms in total. The van der Waals surface area contributed by atoms with Gasteiger partial charge in [-0.15, -0.1) is 0 Å². The molecule has 2 rings (SSSR count). The van der Waals surface area contributed by atoms with Crippen molar-refractivity contribution in [3.05, 3.63) is 0 Å². The third kappa shape index (κ3) is 4.19. The van der Waals surface area contributed by atoms with E-state index in [1.165, 1.54) is 58.5 Å². The second-order valence-electron chi connectivity index (χ2n) is 6.80. The summed E-state index contributed by atoms with van der Waals surface area (Å²) in [5, 5.41) is 3.49. The number of hydrogen-bond donors (Lipinski definition) is 1. The fourth-order valence-electron chi connectivity index (χ4n) is 3.40. The zero-order valence-corrected chi connectivity index (χ0v) is 13.3. The molecule has 2 aliphatic carbocycles. The van der Waals surface area contributed by atoms with E-state index in [1.54, 1.807) is 0 Å². The van der Waals surface area contributed by atoms with Crippen LogP contribution in [-0.2, 0) is 9.53 Å². The highest BCUT2D eigenvalue weighted by molar-refractivity contribution is 5.80. The van der Waals surface area contributed by atoms with Crippen molar-refractivity contribution >= 4 is 5.97 Å². The minimum atomic E-state index is -0.572. The van der Waals surface area contributed by atoms with Gasteiger partial charge in [-0.25, -0.2) is 0 Å². The summed E-state index contributed by atoms with van der Waals surface area (Å²) in [6.45, 7) is 2.73. The highest BCUT2D eigenvalue weighted by Gasteiger charge is 2.41. The molecule has 0 radical (unpaired) electrons. The summed E-state index contributed by atoms with van der Waals surface area (Å²) in [5.41, 5.74) is -0.572. The molecule has 116 valence electrons. The van der Waals surface area contributed by atoms with Crippen LogP contribution in [0.1, 0.15) is 58.3 Å². The van der Waals surface area contributed by atoms with Crippen LogP contribution in [0.15, 0.2) is 0 Å². The number of carbonyl (C=O) groups is 1. The Labute approximate surface area is 123 Å². The topological polar surface area (TPSA) is 41.6 Å². The number of nitrogens with zero attached hydrogens (tertiary/aromatic N) is 1. The predicted molar refractivity (Wildman–Crippen MR) is 80.7 cm³/mol. The molecule has 0 bridgehead atoms. The molecule has 0 spiro atoms. The average molecular weight is 282 g/mol. The first-order valence-corrected chi connectivity index (χ1v) is 8.11. The SMILES string of the molecule is COC(=O)C(C)(CN(C)C1CCCCCC1)NC1CC1. The number of hydrogen-bond acceptors (Lipinski definition) is 4. The first-order chi connectivity index (χ1) is 9.55. The number of rotatable bonds is 6. The van der Waals surface area contributed by atoms with E-state index in [1.807, 2.05) is 6.92 Å². The molecule has 0 saturated heterocycles. The maximum absolute atomic E-state index is 12.2. The molecule has 20 heavy (non-hydrogen) atoms. The summed E-state index contributed by atoms with van der Waals surface area (Å²) in [5.74, 6) is -0.134. The summed E-state index contributed by atoms with van der Waals surface area (Å²) in [6, 6.07) is 1.11. The first-order valence-electron chi connectivity index (χ1n) is 8.11. The fraction of sp³-hybridized carbons (Fsp3) is 0.938. The molecule has 2 fully saturated rings. The van der Waals surface area contributed by atoms with E-state index in [0.717, 1.165) is 6.54 Å². The monoisotopic (exact) mass is 282 g/mol. The Morgan fingerprint density at radius 2 is 1.80 bits per heavy atom. The minimum Gasteiger partial charge on any atom is -0.468 e. The molecule has 0 aromatic heterocycles. The van der Waals surface area contributed by atoms with Crippen molar-refractivity contribution in [3.63, 3.8) is 0 Å². The van der Waals surface area contributed by atoms with Gasteiger partial charge in [0.1, 0.15) is 5.54 Å². The van der Waals surface area contributed by atoms with Gasteiger partial charge in [-0.05, 0) is 39.7 Å². The number of ether oxygens (including phenoxy) is 1. The summed E-state index contributed by atoms with van der Waals surface area (Å²) in [4.78, 5) is 14.5. The third-order valence-corrected chi connectivity index (χ3v) is 4.75. The maximum Gasteiger partial charge on any atom is 0.327 e. The van der Waals surface area contributed by atoms with Crippen molar-refractivity contribution in [2.75, 3.05) is 20.7 Å². The summed E-state index contributed by atoms with van der Waals surface area (Å²) in [6.07, 6.45) is 10.2. The van der Waals surface area contributed by atoms with E-state index in [2.05, 4.69) is 17.3 Å². The third-order valence-electron chi connectivity index (χ3n) is 4.75. The van der Waals surface area contributed by atoms with Crippen LogP contribution in [0.2, 0.25) is 0 Å². The summed E-state index contributed by atoms with van der Waals surface area (Å²) in [7, 11) is 3.65. The van der Waals surface area contributed by atoms with Crippen molar-refractivity contribution in [1.29, 1.82) is 0 Å². The molecule has 0 aromatic carbocycles. The van der Waals surface area contributed by atoms with E-state index in [0.29, 0.717) is 12.1 Å². The van der Waals surface area contributed by atoms with Crippen molar-refractivity contribution in [2.24, 2.45) is 0 Å². The van der Waals surface area contributed by atoms with E-state index in [9.17, 15) is 4.79 Å². The second-order valence-corrected chi connectivity index (χ2v) is 6.80. The average Bonchev–Trinajstić information content (AvgIpc) is 3.23. The van der Waals surface area contributed by atoms with Gasteiger partial charge in [0.15, 0.2) is 0 Å². The van der Waals surface area contributed by atoms with Gasteiger partial charge in [0, 0.05) is 18.6 Å². The normalized spacial score (nSPS) is 24.2. The first kappa shape index (κ1) is 15.8. The largest absolute Gasteiger partial charge is 0.468 e. The van der Waals surface area contributed by atoms with E-state index < -0.39 is 5.54 Å². The van der Waals surface area contributed by atoms with Crippen molar-refractivity contribution in [3.8, 4) is 0 Å². The summed E-state index contributed by atoms with van der Waals surface area (Å²) < 4.78 is 5.03. The number of esters is 1. The zero-order valence-electron chi connectivity index (χ0n) is 13.3. The molecule has 0 amide bonds. The molecule has 0 heterocycles. The van der Waals surface area contributed by atoms with Crippen LogP contribution in [0.4, 0.5) is 0 Å². The molecule has 0 aliphatic heterocycles. The summed E-state index contributed by atoms with van der Waals surface area (Å²) >= 11 is 0. The van der Waals surface area contributed by atoms with Gasteiger partial charge < -0.3 is 9.64 Å². The van der Waals surface area contributed by atoms with Crippen LogP contribution in [0.25, 0.3) is 0 Å². The molecule has 4 heteroatoms. The molecule has 0 aromatic rings. The number of carbonyl (C=O) groups excluding carboxylic acids is 1. The number of nitrogens with one attached hydrogen (secondary N) is 1. The van der Waals surface area contributed by atoms with Crippen LogP contribution in [0.3, 0.4) is 0 Å². The lowest BCUT2D eigenvalue weighted by atomic mass is 9.99. The van der Waals surface area contributed by atoms with Gasteiger partial charge >= 0.3 is 5.97 Å². The molecule has 1 N–H and O–H groups in total. The lowest BCUT2D eigenvalue weighted by Crippen LogP contribution is -2.58. The molecular weight excluding hydrogens is 252 g/mol. The van der Waals surface area contributed by atoms with Gasteiger partial charge in [-0.2, -0.15) is 0 Å². The van der Waals surface area contributed by atoms with Crippen LogP contribution in [0.5, 0.6) is 0 Å². The second kappa shape index (κ2) is 6.90. The van der Waals surface area contributed by atoms with Gasteiger partial charge in [0.2, 0.25) is 0 Å².